The van der Waals surface area contributed by atoms with E-state index in [4.69, 9.17) is 5.26 Å². The summed E-state index contributed by atoms with van der Waals surface area (Å²) in [5.74, 6) is 0.305. The fourth-order valence-corrected chi connectivity index (χ4v) is 1.34. The van der Waals surface area contributed by atoms with Gasteiger partial charge in [-0.3, -0.25) is 4.79 Å². The molecule has 0 radical (unpaired) electrons. The van der Waals surface area contributed by atoms with Gasteiger partial charge in [0.15, 0.2) is 0 Å². The van der Waals surface area contributed by atoms with Gasteiger partial charge in [0, 0.05) is 19.8 Å². The van der Waals surface area contributed by atoms with Crippen molar-refractivity contribution in [3.8, 4) is 6.07 Å². The van der Waals surface area contributed by atoms with Crippen molar-refractivity contribution >= 4 is 11.9 Å². The van der Waals surface area contributed by atoms with Crippen LogP contribution in [0.4, 0.5) is 5.95 Å². The van der Waals surface area contributed by atoms with Gasteiger partial charge in [0.05, 0.1) is 6.54 Å². The summed E-state index contributed by atoms with van der Waals surface area (Å²) in [6.07, 6.45) is 2.39. The van der Waals surface area contributed by atoms with E-state index in [2.05, 4.69) is 15.3 Å². The molecule has 1 heterocycles. The zero-order valence-electron chi connectivity index (χ0n) is 9.97. The number of amides is 1. The third kappa shape index (κ3) is 3.72. The van der Waals surface area contributed by atoms with Crippen LogP contribution < -0.4 is 10.2 Å². The molecule has 0 spiro atoms. The average molecular weight is 233 g/mol. The molecule has 17 heavy (non-hydrogen) atoms. The van der Waals surface area contributed by atoms with Crippen LogP contribution in [0.1, 0.15) is 19.0 Å². The van der Waals surface area contributed by atoms with Gasteiger partial charge in [0.2, 0.25) is 11.9 Å². The van der Waals surface area contributed by atoms with Crippen molar-refractivity contribution in [3.63, 3.8) is 0 Å². The average Bonchev–Trinajstić information content (AvgIpc) is 2.38. The van der Waals surface area contributed by atoms with Crippen molar-refractivity contribution < 1.29 is 4.79 Å². The number of carbonyl (C=O) groups is 1. The van der Waals surface area contributed by atoms with E-state index in [1.54, 1.807) is 11.9 Å². The molecule has 0 fully saturated rings. The lowest BCUT2D eigenvalue weighted by Gasteiger charge is -2.20. The molecule has 0 aliphatic carbocycles. The van der Waals surface area contributed by atoms with Crippen LogP contribution in [0, 0.1) is 11.3 Å². The predicted octanol–water partition coefficient (Wildman–Crippen LogP) is 0.311. The number of aromatic nitrogens is 2. The Balaban J connectivity index is 2.88. The fraction of sp³-hybridized carbons (Fsp3) is 0.455. The first-order chi connectivity index (χ1) is 8.21. The molecular weight excluding hydrogens is 218 g/mol. The molecule has 6 nitrogen and oxygen atoms in total. The van der Waals surface area contributed by atoms with Crippen LogP contribution in [-0.4, -0.2) is 36.0 Å². The van der Waals surface area contributed by atoms with E-state index in [0.29, 0.717) is 18.2 Å². The second-order valence-electron chi connectivity index (χ2n) is 3.45. The summed E-state index contributed by atoms with van der Waals surface area (Å²) in [4.78, 5) is 21.2. The number of hydrogen-bond acceptors (Lipinski definition) is 5. The van der Waals surface area contributed by atoms with Crippen molar-refractivity contribution in [2.75, 3.05) is 25.0 Å². The molecular formula is C11H15N5O. The van der Waals surface area contributed by atoms with E-state index >= 15 is 0 Å². The molecule has 0 aliphatic rings. The monoisotopic (exact) mass is 233 g/mol. The molecule has 1 rings (SSSR count). The van der Waals surface area contributed by atoms with Crippen LogP contribution in [0.2, 0.25) is 0 Å². The van der Waals surface area contributed by atoms with Crippen molar-refractivity contribution in [2.24, 2.45) is 0 Å². The van der Waals surface area contributed by atoms with Crippen molar-refractivity contribution in [2.45, 2.75) is 13.3 Å². The first kappa shape index (κ1) is 12.9. The first-order valence-corrected chi connectivity index (χ1v) is 5.40. The van der Waals surface area contributed by atoms with Gasteiger partial charge in [-0.05, 0) is 12.5 Å². The minimum Gasteiger partial charge on any atom is -0.358 e. The van der Waals surface area contributed by atoms with Crippen molar-refractivity contribution in [3.05, 3.63) is 18.0 Å². The van der Waals surface area contributed by atoms with Crippen LogP contribution in [-0.2, 0) is 4.79 Å². The minimum atomic E-state index is -0.107. The molecule has 0 atom stereocenters. The van der Waals surface area contributed by atoms with Gasteiger partial charge in [0.1, 0.15) is 11.8 Å². The molecule has 1 amide bonds. The van der Waals surface area contributed by atoms with E-state index in [0.717, 1.165) is 6.42 Å². The number of carbonyl (C=O) groups excluding carboxylic acids is 1. The van der Waals surface area contributed by atoms with E-state index < -0.39 is 0 Å². The smallest absolute Gasteiger partial charge is 0.239 e. The molecule has 0 saturated heterocycles. The molecule has 1 N–H and O–H groups in total. The van der Waals surface area contributed by atoms with E-state index in [1.165, 1.54) is 12.3 Å². The molecule has 0 saturated carbocycles. The normalized spacial score (nSPS) is 9.47. The summed E-state index contributed by atoms with van der Waals surface area (Å²) in [5.41, 5.74) is 0.299. The van der Waals surface area contributed by atoms with Crippen LogP contribution in [0.15, 0.2) is 12.3 Å². The lowest BCUT2D eigenvalue weighted by molar-refractivity contribution is -0.119. The van der Waals surface area contributed by atoms with E-state index in [-0.39, 0.29) is 12.5 Å². The number of rotatable bonds is 5. The van der Waals surface area contributed by atoms with Gasteiger partial charge in [0.25, 0.3) is 0 Å². The second-order valence-corrected chi connectivity index (χ2v) is 3.45. The molecule has 0 aromatic carbocycles. The first-order valence-electron chi connectivity index (χ1n) is 5.40. The number of nitrogens with zero attached hydrogens (tertiary/aromatic N) is 4. The Morgan fingerprint density at radius 1 is 1.65 bits per heavy atom. The molecule has 90 valence electrons. The van der Waals surface area contributed by atoms with Gasteiger partial charge in [-0.1, -0.05) is 6.92 Å². The maximum absolute atomic E-state index is 11.4. The Morgan fingerprint density at radius 3 is 3.00 bits per heavy atom. The summed E-state index contributed by atoms with van der Waals surface area (Å²) >= 11 is 0. The zero-order valence-corrected chi connectivity index (χ0v) is 9.97. The molecule has 6 heteroatoms. The predicted molar refractivity (Wildman–Crippen MR) is 63.3 cm³/mol. The lowest BCUT2D eigenvalue weighted by Crippen LogP contribution is -2.37. The lowest BCUT2D eigenvalue weighted by atomic mass is 10.4. The maximum Gasteiger partial charge on any atom is 0.239 e. The number of likely N-dealkylation sites (N-methyl/N-ethyl adjacent to an activating group) is 1. The topological polar surface area (TPSA) is 81.9 Å². The van der Waals surface area contributed by atoms with Gasteiger partial charge in [-0.25, -0.2) is 9.97 Å². The maximum atomic E-state index is 11.4. The molecule has 1 aromatic heterocycles. The summed E-state index contributed by atoms with van der Waals surface area (Å²) < 4.78 is 0. The highest BCUT2D eigenvalue weighted by Gasteiger charge is 2.12. The van der Waals surface area contributed by atoms with Crippen LogP contribution in [0.3, 0.4) is 0 Å². The summed E-state index contributed by atoms with van der Waals surface area (Å²) in [7, 11) is 1.58. The van der Waals surface area contributed by atoms with E-state index in [1.807, 2.05) is 13.0 Å². The van der Waals surface area contributed by atoms with E-state index in [9.17, 15) is 4.79 Å². The van der Waals surface area contributed by atoms with Crippen LogP contribution >= 0.6 is 0 Å². The zero-order chi connectivity index (χ0) is 12.7. The minimum absolute atomic E-state index is 0.107. The Kier molecular flexibility index (Phi) is 4.88. The number of nitrogens with one attached hydrogen (secondary N) is 1. The number of hydrogen-bond donors (Lipinski definition) is 1. The SMILES string of the molecule is CCCN(CC(=O)NC)c1nccc(C#N)n1. The van der Waals surface area contributed by atoms with Crippen molar-refractivity contribution in [1.29, 1.82) is 5.26 Å². The van der Waals surface area contributed by atoms with Gasteiger partial charge >= 0.3 is 0 Å². The third-order valence-electron chi connectivity index (χ3n) is 2.15. The highest BCUT2D eigenvalue weighted by molar-refractivity contribution is 5.80. The highest BCUT2D eigenvalue weighted by Crippen LogP contribution is 2.07. The molecule has 1 aromatic rings. The van der Waals surface area contributed by atoms with Crippen molar-refractivity contribution in [1.82, 2.24) is 15.3 Å². The molecule has 0 unspecified atom stereocenters. The second kappa shape index (κ2) is 6.43. The van der Waals surface area contributed by atoms with Gasteiger partial charge < -0.3 is 10.2 Å². The quantitative estimate of drug-likeness (QED) is 0.791. The third-order valence-corrected chi connectivity index (χ3v) is 2.15. The Morgan fingerprint density at radius 2 is 2.41 bits per heavy atom. The Labute approximate surface area is 100 Å². The largest absolute Gasteiger partial charge is 0.358 e. The Bertz CT molecular complexity index is 426. The van der Waals surface area contributed by atoms with Crippen LogP contribution in [0.25, 0.3) is 0 Å². The standard InChI is InChI=1S/C11H15N5O/c1-3-6-16(8-10(17)13-2)11-14-5-4-9(7-12)15-11/h4-5H,3,6,8H2,1-2H3,(H,13,17). The Hall–Kier alpha value is -2.16. The summed E-state index contributed by atoms with van der Waals surface area (Å²) in [6.45, 7) is 2.87. The van der Waals surface area contributed by atoms with Crippen LogP contribution in [0.5, 0.6) is 0 Å². The summed E-state index contributed by atoms with van der Waals surface area (Å²) in [5, 5.41) is 11.3. The number of anilines is 1. The molecule has 0 aliphatic heterocycles. The highest BCUT2D eigenvalue weighted by atomic mass is 16.1. The molecule has 0 bridgehead atoms. The van der Waals surface area contributed by atoms with Gasteiger partial charge in [-0.15, -0.1) is 0 Å². The fourth-order valence-electron chi connectivity index (χ4n) is 1.34. The number of nitriles is 1. The van der Waals surface area contributed by atoms with Gasteiger partial charge in [-0.2, -0.15) is 5.26 Å². The summed E-state index contributed by atoms with van der Waals surface area (Å²) in [6, 6.07) is 3.49.